The van der Waals surface area contributed by atoms with Crippen LogP contribution in [0.3, 0.4) is 0 Å². The molecule has 3 nitrogen and oxygen atoms in total. The largest absolute Gasteiger partial charge is 0.497 e. The number of rotatable bonds is 7. The molecule has 0 bridgehead atoms. The number of hydrogen-bond donors (Lipinski definition) is 0. The lowest BCUT2D eigenvalue weighted by Crippen LogP contribution is -2.02. The summed E-state index contributed by atoms with van der Waals surface area (Å²) >= 11 is 1.72. The van der Waals surface area contributed by atoms with Crippen LogP contribution < -0.4 is 4.74 Å². The molecule has 0 saturated heterocycles. The molecule has 156 valence electrons. The molecule has 4 rings (SSSR count). The predicted molar refractivity (Wildman–Crippen MR) is 127 cm³/mol. The van der Waals surface area contributed by atoms with Crippen molar-refractivity contribution in [3.8, 4) is 16.9 Å². The Morgan fingerprint density at radius 1 is 0.839 bits per heavy atom. The summed E-state index contributed by atoms with van der Waals surface area (Å²) in [6, 6.07) is 29.5. The molecule has 0 aliphatic heterocycles. The number of aryl methyl sites for hydroxylation is 1. The Hall–Kier alpha value is -3.24. The van der Waals surface area contributed by atoms with E-state index in [1.165, 1.54) is 22.8 Å². The van der Waals surface area contributed by atoms with Crippen LogP contribution in [0.1, 0.15) is 12.0 Å². The maximum Gasteiger partial charge on any atom is 0.305 e. The average molecular weight is 429 g/mol. The van der Waals surface area contributed by atoms with Gasteiger partial charge in [0.15, 0.2) is 0 Å². The molecule has 0 spiro atoms. The fourth-order valence-corrected chi connectivity index (χ4v) is 4.47. The maximum atomic E-state index is 11.6. The van der Waals surface area contributed by atoms with Crippen molar-refractivity contribution in [1.82, 2.24) is 0 Å². The molecule has 0 fully saturated rings. The Labute approximate surface area is 187 Å². The molecular formula is C27H24O3S. The van der Waals surface area contributed by atoms with Crippen LogP contribution in [-0.4, -0.2) is 20.2 Å². The summed E-state index contributed by atoms with van der Waals surface area (Å²) in [6.07, 6.45) is 1.03. The summed E-state index contributed by atoms with van der Waals surface area (Å²) < 4.78 is 10.1. The second-order valence-corrected chi connectivity index (χ2v) is 8.36. The van der Waals surface area contributed by atoms with Gasteiger partial charge in [0.05, 0.1) is 14.2 Å². The molecular weight excluding hydrogens is 404 g/mol. The van der Waals surface area contributed by atoms with Gasteiger partial charge >= 0.3 is 5.97 Å². The molecule has 0 aromatic heterocycles. The Balaban J connectivity index is 1.72. The zero-order valence-electron chi connectivity index (χ0n) is 17.6. The van der Waals surface area contributed by atoms with Gasteiger partial charge in [-0.2, -0.15) is 0 Å². The third-order valence-corrected chi connectivity index (χ3v) is 6.32. The van der Waals surface area contributed by atoms with Gasteiger partial charge in [0.2, 0.25) is 0 Å². The fourth-order valence-electron chi connectivity index (χ4n) is 3.52. The van der Waals surface area contributed by atoms with E-state index in [0.29, 0.717) is 12.8 Å². The van der Waals surface area contributed by atoms with Crippen molar-refractivity contribution in [1.29, 1.82) is 0 Å². The number of fused-ring (bicyclic) bond motifs is 1. The van der Waals surface area contributed by atoms with Crippen LogP contribution in [-0.2, 0) is 16.0 Å². The quantitative estimate of drug-likeness (QED) is 0.304. The van der Waals surface area contributed by atoms with Crippen molar-refractivity contribution >= 4 is 28.5 Å². The van der Waals surface area contributed by atoms with E-state index < -0.39 is 0 Å². The molecule has 0 aliphatic carbocycles. The van der Waals surface area contributed by atoms with E-state index in [2.05, 4.69) is 72.8 Å². The molecule has 0 unspecified atom stereocenters. The van der Waals surface area contributed by atoms with Crippen LogP contribution in [0.15, 0.2) is 94.7 Å². The number of carbonyl (C=O) groups is 1. The first-order valence-corrected chi connectivity index (χ1v) is 11.0. The highest BCUT2D eigenvalue weighted by Crippen LogP contribution is 2.38. The third kappa shape index (κ3) is 5.09. The average Bonchev–Trinajstić information content (AvgIpc) is 2.83. The molecule has 0 N–H and O–H groups in total. The molecule has 4 aromatic carbocycles. The van der Waals surface area contributed by atoms with Gasteiger partial charge < -0.3 is 9.47 Å². The molecule has 4 heteroatoms. The van der Waals surface area contributed by atoms with Crippen LogP contribution in [0.5, 0.6) is 5.75 Å². The summed E-state index contributed by atoms with van der Waals surface area (Å²) in [5.41, 5.74) is 3.44. The van der Waals surface area contributed by atoms with Gasteiger partial charge in [-0.3, -0.25) is 4.79 Å². The van der Waals surface area contributed by atoms with E-state index in [9.17, 15) is 4.79 Å². The minimum Gasteiger partial charge on any atom is -0.497 e. The molecule has 0 amide bonds. The third-order valence-electron chi connectivity index (χ3n) is 5.24. The number of ether oxygens (including phenoxy) is 2. The first kappa shape index (κ1) is 21.0. The van der Waals surface area contributed by atoms with E-state index in [0.717, 1.165) is 27.3 Å². The van der Waals surface area contributed by atoms with Gasteiger partial charge in [-0.15, -0.1) is 0 Å². The van der Waals surface area contributed by atoms with Gasteiger partial charge in [-0.05, 0) is 70.3 Å². The summed E-state index contributed by atoms with van der Waals surface area (Å²) in [6.45, 7) is 0. The zero-order valence-corrected chi connectivity index (χ0v) is 18.4. The van der Waals surface area contributed by atoms with Crippen molar-refractivity contribution in [3.63, 3.8) is 0 Å². The summed E-state index contributed by atoms with van der Waals surface area (Å²) in [4.78, 5) is 13.9. The highest BCUT2D eigenvalue weighted by Gasteiger charge is 2.11. The minimum absolute atomic E-state index is 0.191. The summed E-state index contributed by atoms with van der Waals surface area (Å²) in [5, 5.41) is 2.43. The maximum absolute atomic E-state index is 11.6. The molecule has 4 aromatic rings. The van der Waals surface area contributed by atoms with Crippen LogP contribution in [0.4, 0.5) is 0 Å². The second kappa shape index (κ2) is 9.71. The van der Waals surface area contributed by atoms with E-state index in [1.54, 1.807) is 18.9 Å². The van der Waals surface area contributed by atoms with E-state index in [-0.39, 0.29) is 5.97 Å². The standard InChI is InChI=1S/C27H24O3S/c1-29-23-11-13-24(14-12-23)31-26-15-7-19(8-16-27(28)30-2)17-25(26)22-10-9-20-5-3-4-6-21(20)18-22/h3-7,9-15,17-18H,8,16H2,1-2H3. The Morgan fingerprint density at radius 3 is 2.35 bits per heavy atom. The lowest BCUT2D eigenvalue weighted by Gasteiger charge is -2.13. The van der Waals surface area contributed by atoms with Gasteiger partial charge in [0, 0.05) is 16.2 Å². The van der Waals surface area contributed by atoms with E-state index in [4.69, 9.17) is 9.47 Å². The van der Waals surface area contributed by atoms with Crippen molar-refractivity contribution in [2.45, 2.75) is 22.6 Å². The normalized spacial score (nSPS) is 10.8. The fraction of sp³-hybridized carbons (Fsp3) is 0.148. The van der Waals surface area contributed by atoms with Crippen molar-refractivity contribution in [2.75, 3.05) is 14.2 Å². The molecule has 0 aliphatic rings. The first-order valence-electron chi connectivity index (χ1n) is 10.2. The Bertz CT molecular complexity index is 1200. The number of esters is 1. The topological polar surface area (TPSA) is 35.5 Å². The lowest BCUT2D eigenvalue weighted by atomic mass is 9.98. The number of methoxy groups -OCH3 is 2. The van der Waals surface area contributed by atoms with E-state index >= 15 is 0 Å². The monoisotopic (exact) mass is 428 g/mol. The highest BCUT2D eigenvalue weighted by molar-refractivity contribution is 7.99. The second-order valence-electron chi connectivity index (χ2n) is 7.25. The van der Waals surface area contributed by atoms with Crippen LogP contribution >= 0.6 is 11.8 Å². The lowest BCUT2D eigenvalue weighted by molar-refractivity contribution is -0.140. The van der Waals surface area contributed by atoms with Crippen molar-refractivity contribution in [2.24, 2.45) is 0 Å². The van der Waals surface area contributed by atoms with Crippen LogP contribution in [0.2, 0.25) is 0 Å². The Kier molecular flexibility index (Phi) is 6.58. The zero-order chi connectivity index (χ0) is 21.6. The number of carbonyl (C=O) groups excluding carboxylic acids is 1. The van der Waals surface area contributed by atoms with Gasteiger partial charge in [0.1, 0.15) is 5.75 Å². The highest BCUT2D eigenvalue weighted by atomic mass is 32.2. The van der Waals surface area contributed by atoms with E-state index in [1.807, 2.05) is 12.1 Å². The number of benzene rings is 4. The van der Waals surface area contributed by atoms with Gasteiger partial charge in [-0.25, -0.2) is 0 Å². The van der Waals surface area contributed by atoms with Crippen LogP contribution in [0, 0.1) is 0 Å². The van der Waals surface area contributed by atoms with Crippen molar-refractivity contribution in [3.05, 3.63) is 90.5 Å². The van der Waals surface area contributed by atoms with Crippen molar-refractivity contribution < 1.29 is 14.3 Å². The smallest absolute Gasteiger partial charge is 0.305 e. The van der Waals surface area contributed by atoms with Gasteiger partial charge in [0.25, 0.3) is 0 Å². The minimum atomic E-state index is -0.191. The van der Waals surface area contributed by atoms with Gasteiger partial charge in [-0.1, -0.05) is 60.3 Å². The molecule has 0 radical (unpaired) electrons. The predicted octanol–water partition coefficient (Wildman–Crippen LogP) is 6.77. The first-order chi connectivity index (χ1) is 15.2. The Morgan fingerprint density at radius 2 is 1.61 bits per heavy atom. The molecule has 0 saturated carbocycles. The number of hydrogen-bond acceptors (Lipinski definition) is 4. The summed E-state index contributed by atoms with van der Waals surface area (Å²) in [7, 11) is 3.10. The van der Waals surface area contributed by atoms with Crippen LogP contribution in [0.25, 0.3) is 21.9 Å². The molecule has 0 heterocycles. The molecule has 31 heavy (non-hydrogen) atoms. The summed E-state index contributed by atoms with van der Waals surface area (Å²) in [5.74, 6) is 0.654. The molecule has 0 atom stereocenters. The SMILES string of the molecule is COC(=O)CCc1ccc(Sc2ccc(OC)cc2)c(-c2ccc3ccccc3c2)c1.